The van der Waals surface area contributed by atoms with Gasteiger partial charge in [-0.15, -0.1) is 0 Å². The Labute approximate surface area is 113 Å². The first-order valence-electron chi connectivity index (χ1n) is 5.45. The van der Waals surface area contributed by atoms with Gasteiger partial charge in [0.2, 0.25) is 0 Å². The van der Waals surface area contributed by atoms with Crippen LogP contribution in [0.4, 0.5) is 5.69 Å². The molecule has 0 heterocycles. The Morgan fingerprint density at radius 1 is 1.28 bits per heavy atom. The minimum atomic E-state index is -0.434. The van der Waals surface area contributed by atoms with Crippen molar-refractivity contribution in [2.24, 2.45) is 0 Å². The number of aliphatic hydroxyl groups is 2. The molecule has 18 heavy (non-hydrogen) atoms. The molecule has 0 atom stereocenters. The molecule has 0 aromatic heterocycles. The smallest absolute Gasteiger partial charge is 0.275 e. The Morgan fingerprint density at radius 3 is 2.39 bits per heavy atom. The molecule has 0 saturated heterocycles. The van der Waals surface area contributed by atoms with Crippen LogP contribution in [0.15, 0.2) is 22.7 Å². The number of rotatable bonds is 7. The fraction of sp³-hybridized carbons (Fsp3) is 0.455. The summed E-state index contributed by atoms with van der Waals surface area (Å²) in [6, 6.07) is 4.85. The maximum atomic E-state index is 10.9. The number of aliphatic hydroxyl groups excluding tert-OH is 2. The van der Waals surface area contributed by atoms with Gasteiger partial charge in [0.1, 0.15) is 0 Å². The zero-order chi connectivity index (χ0) is 13.5. The molecule has 0 spiro atoms. The van der Waals surface area contributed by atoms with Crippen molar-refractivity contribution in [1.29, 1.82) is 0 Å². The Bertz CT molecular complexity index is 408. The number of nitrogens with zero attached hydrogens (tertiary/aromatic N) is 2. The third kappa shape index (κ3) is 4.34. The van der Waals surface area contributed by atoms with E-state index in [9.17, 15) is 10.1 Å². The van der Waals surface area contributed by atoms with Gasteiger partial charge >= 0.3 is 0 Å². The standard InChI is InChI=1S/C11H15BrN2O4/c12-10-2-1-9(11(7-10)14(17)18)8-13(3-5-15)4-6-16/h1-2,7,15-16H,3-6,8H2. The van der Waals surface area contributed by atoms with E-state index in [0.29, 0.717) is 29.7 Å². The minimum Gasteiger partial charge on any atom is -0.395 e. The molecule has 0 unspecified atom stereocenters. The maximum Gasteiger partial charge on any atom is 0.275 e. The van der Waals surface area contributed by atoms with Crippen LogP contribution in [0.2, 0.25) is 0 Å². The van der Waals surface area contributed by atoms with Crippen molar-refractivity contribution in [2.45, 2.75) is 6.54 Å². The molecular formula is C11H15BrN2O4. The van der Waals surface area contributed by atoms with Gasteiger partial charge in [-0.1, -0.05) is 15.9 Å². The van der Waals surface area contributed by atoms with Crippen LogP contribution in [0.25, 0.3) is 0 Å². The van der Waals surface area contributed by atoms with E-state index in [1.165, 1.54) is 6.07 Å². The predicted molar refractivity (Wildman–Crippen MR) is 70.2 cm³/mol. The molecule has 0 aliphatic carbocycles. The Kier molecular flexibility index (Phi) is 6.20. The van der Waals surface area contributed by atoms with Gasteiger partial charge in [-0.2, -0.15) is 0 Å². The van der Waals surface area contributed by atoms with Gasteiger partial charge < -0.3 is 10.2 Å². The van der Waals surface area contributed by atoms with E-state index < -0.39 is 4.92 Å². The van der Waals surface area contributed by atoms with Crippen molar-refractivity contribution in [1.82, 2.24) is 4.90 Å². The summed E-state index contributed by atoms with van der Waals surface area (Å²) in [4.78, 5) is 12.3. The predicted octanol–water partition coefficient (Wildman–Crippen LogP) is 1.14. The summed E-state index contributed by atoms with van der Waals surface area (Å²) < 4.78 is 0.647. The van der Waals surface area contributed by atoms with Crippen molar-refractivity contribution in [3.63, 3.8) is 0 Å². The maximum absolute atomic E-state index is 10.9. The second kappa shape index (κ2) is 7.42. The molecule has 1 aromatic rings. The van der Waals surface area contributed by atoms with Crippen LogP contribution < -0.4 is 0 Å². The molecule has 0 bridgehead atoms. The first-order valence-corrected chi connectivity index (χ1v) is 6.24. The number of halogens is 1. The summed E-state index contributed by atoms with van der Waals surface area (Å²) in [5.41, 5.74) is 0.593. The van der Waals surface area contributed by atoms with Gasteiger partial charge in [0.15, 0.2) is 0 Å². The second-order valence-electron chi connectivity index (χ2n) is 3.75. The molecule has 1 aromatic carbocycles. The highest BCUT2D eigenvalue weighted by atomic mass is 79.9. The molecule has 7 heteroatoms. The van der Waals surface area contributed by atoms with Crippen LogP contribution in [0.3, 0.4) is 0 Å². The summed E-state index contributed by atoms with van der Waals surface area (Å²) in [6.45, 7) is 0.959. The summed E-state index contributed by atoms with van der Waals surface area (Å²) >= 11 is 3.19. The molecule has 1 rings (SSSR count). The van der Waals surface area contributed by atoms with Crippen LogP contribution in [-0.4, -0.2) is 46.3 Å². The van der Waals surface area contributed by atoms with E-state index >= 15 is 0 Å². The van der Waals surface area contributed by atoms with Crippen molar-refractivity contribution >= 4 is 21.6 Å². The van der Waals surface area contributed by atoms with Crippen LogP contribution in [0.1, 0.15) is 5.56 Å². The molecule has 2 N–H and O–H groups in total. The van der Waals surface area contributed by atoms with Crippen molar-refractivity contribution < 1.29 is 15.1 Å². The van der Waals surface area contributed by atoms with E-state index in [1.54, 1.807) is 17.0 Å². The molecule has 0 fully saturated rings. The van der Waals surface area contributed by atoms with E-state index in [4.69, 9.17) is 10.2 Å². The third-order valence-corrected chi connectivity index (χ3v) is 2.96. The average molecular weight is 319 g/mol. The van der Waals surface area contributed by atoms with E-state index in [-0.39, 0.29) is 18.9 Å². The lowest BCUT2D eigenvalue weighted by Gasteiger charge is -2.20. The third-order valence-electron chi connectivity index (χ3n) is 2.47. The lowest BCUT2D eigenvalue weighted by molar-refractivity contribution is -0.385. The molecule has 0 amide bonds. The van der Waals surface area contributed by atoms with Gasteiger partial charge in [0.25, 0.3) is 5.69 Å². The highest BCUT2D eigenvalue weighted by Gasteiger charge is 2.16. The lowest BCUT2D eigenvalue weighted by atomic mass is 10.1. The lowest BCUT2D eigenvalue weighted by Crippen LogP contribution is -2.29. The van der Waals surface area contributed by atoms with Crippen LogP contribution in [0, 0.1) is 10.1 Å². The quantitative estimate of drug-likeness (QED) is 0.581. The number of hydrogen-bond donors (Lipinski definition) is 2. The molecule has 0 radical (unpaired) electrons. The van der Waals surface area contributed by atoms with Gasteiger partial charge in [-0.3, -0.25) is 15.0 Å². The summed E-state index contributed by atoms with van der Waals surface area (Å²) in [7, 11) is 0. The molecule has 0 aliphatic rings. The van der Waals surface area contributed by atoms with Crippen molar-refractivity contribution in [3.8, 4) is 0 Å². The SMILES string of the molecule is O=[N+]([O-])c1cc(Br)ccc1CN(CCO)CCO. The highest BCUT2D eigenvalue weighted by Crippen LogP contribution is 2.24. The number of hydrogen-bond acceptors (Lipinski definition) is 5. The fourth-order valence-electron chi connectivity index (χ4n) is 1.63. The second-order valence-corrected chi connectivity index (χ2v) is 4.67. The minimum absolute atomic E-state index is 0.0326. The fourth-order valence-corrected chi connectivity index (χ4v) is 1.98. The first kappa shape index (κ1) is 15.0. The number of nitro benzene ring substituents is 1. The van der Waals surface area contributed by atoms with Gasteiger partial charge in [-0.05, 0) is 12.1 Å². The zero-order valence-corrected chi connectivity index (χ0v) is 11.3. The summed E-state index contributed by atoms with van der Waals surface area (Å²) in [6.07, 6.45) is 0. The molecule has 0 saturated carbocycles. The molecule has 6 nitrogen and oxygen atoms in total. The average Bonchev–Trinajstić information content (AvgIpc) is 2.32. The van der Waals surface area contributed by atoms with Crippen LogP contribution in [0.5, 0.6) is 0 Å². The Hall–Kier alpha value is -1.02. The first-order chi connectivity index (χ1) is 8.58. The Morgan fingerprint density at radius 2 is 1.89 bits per heavy atom. The van der Waals surface area contributed by atoms with E-state index in [1.807, 2.05) is 0 Å². The molecule has 100 valence electrons. The van der Waals surface area contributed by atoms with Gasteiger partial charge in [-0.25, -0.2) is 0 Å². The monoisotopic (exact) mass is 318 g/mol. The topological polar surface area (TPSA) is 86.8 Å². The van der Waals surface area contributed by atoms with Crippen LogP contribution >= 0.6 is 15.9 Å². The highest BCUT2D eigenvalue weighted by molar-refractivity contribution is 9.10. The summed E-state index contributed by atoms with van der Waals surface area (Å²) in [5.74, 6) is 0. The summed E-state index contributed by atoms with van der Waals surface area (Å²) in [5, 5.41) is 28.7. The number of nitro groups is 1. The molecule has 0 aliphatic heterocycles. The van der Waals surface area contributed by atoms with E-state index in [2.05, 4.69) is 15.9 Å². The van der Waals surface area contributed by atoms with E-state index in [0.717, 1.165) is 0 Å². The van der Waals surface area contributed by atoms with Crippen molar-refractivity contribution in [2.75, 3.05) is 26.3 Å². The number of benzene rings is 1. The van der Waals surface area contributed by atoms with Crippen molar-refractivity contribution in [3.05, 3.63) is 38.3 Å². The Balaban J connectivity index is 2.90. The largest absolute Gasteiger partial charge is 0.395 e. The van der Waals surface area contributed by atoms with Gasteiger partial charge in [0, 0.05) is 35.7 Å². The normalized spacial score (nSPS) is 10.9. The van der Waals surface area contributed by atoms with Crippen LogP contribution in [-0.2, 0) is 6.54 Å². The molecular weight excluding hydrogens is 304 g/mol. The zero-order valence-electron chi connectivity index (χ0n) is 9.75. The van der Waals surface area contributed by atoms with Gasteiger partial charge in [0.05, 0.1) is 18.1 Å².